The molecule has 1 amide bonds. The van der Waals surface area contributed by atoms with Gasteiger partial charge in [0.2, 0.25) is 5.91 Å². The van der Waals surface area contributed by atoms with Gasteiger partial charge in [-0.05, 0) is 18.1 Å². The Kier molecular flexibility index (Phi) is 5.24. The Labute approximate surface area is 117 Å². The lowest BCUT2D eigenvalue weighted by atomic mass is 10.1. The molecular weight excluding hydrogens is 262 g/mol. The van der Waals surface area contributed by atoms with Crippen LogP contribution in [0.1, 0.15) is 5.56 Å². The van der Waals surface area contributed by atoms with Crippen molar-refractivity contribution in [1.29, 1.82) is 0 Å². The van der Waals surface area contributed by atoms with E-state index in [4.69, 9.17) is 9.84 Å². The van der Waals surface area contributed by atoms with Crippen LogP contribution in [0.25, 0.3) is 0 Å². The highest BCUT2D eigenvalue weighted by Crippen LogP contribution is 2.37. The average Bonchev–Trinajstić information content (AvgIpc) is 2.86. The molecule has 1 aliphatic rings. The van der Waals surface area contributed by atoms with Gasteiger partial charge in [-0.15, -0.1) is 11.8 Å². The molecule has 1 aliphatic heterocycles. The summed E-state index contributed by atoms with van der Waals surface area (Å²) in [4.78, 5) is 15.3. The molecule has 0 aromatic heterocycles. The summed E-state index contributed by atoms with van der Waals surface area (Å²) in [6.45, 7) is 1.38. The monoisotopic (exact) mass is 281 g/mol. The van der Waals surface area contributed by atoms with Crippen molar-refractivity contribution >= 4 is 17.7 Å². The van der Waals surface area contributed by atoms with Gasteiger partial charge in [0.05, 0.1) is 18.5 Å². The van der Waals surface area contributed by atoms with Crippen LogP contribution >= 0.6 is 11.8 Å². The molecule has 1 unspecified atom stereocenters. The fourth-order valence-corrected chi connectivity index (χ4v) is 3.46. The lowest BCUT2D eigenvalue weighted by molar-refractivity contribution is -0.131. The number of methoxy groups -OCH3 is 1. The molecule has 0 fully saturated rings. The number of fused-ring (bicyclic) bond motifs is 1. The van der Waals surface area contributed by atoms with Crippen LogP contribution in [-0.2, 0) is 16.0 Å². The molecule has 2 rings (SSSR count). The molecule has 104 valence electrons. The topological polar surface area (TPSA) is 49.8 Å². The lowest BCUT2D eigenvalue weighted by Gasteiger charge is -2.24. The Balaban J connectivity index is 1.99. The number of nitrogens with zero attached hydrogens (tertiary/aromatic N) is 1. The summed E-state index contributed by atoms with van der Waals surface area (Å²) in [5.74, 6) is 0.0901. The standard InChI is InChI=1S/C14H19NO3S/c1-18-9-7-15(6-8-16)14(17)13-10-11-4-2-3-5-12(11)19-13/h2-5,13,16H,6-10H2,1H3. The molecule has 1 aromatic rings. The summed E-state index contributed by atoms with van der Waals surface area (Å²) in [5.41, 5.74) is 1.24. The second-order valence-corrected chi connectivity index (χ2v) is 5.70. The van der Waals surface area contributed by atoms with Gasteiger partial charge in [-0.2, -0.15) is 0 Å². The molecule has 4 nitrogen and oxygen atoms in total. The Morgan fingerprint density at radius 3 is 2.95 bits per heavy atom. The van der Waals surface area contributed by atoms with E-state index in [9.17, 15) is 4.79 Å². The van der Waals surface area contributed by atoms with Crippen molar-refractivity contribution in [2.75, 3.05) is 33.4 Å². The van der Waals surface area contributed by atoms with E-state index >= 15 is 0 Å². The van der Waals surface area contributed by atoms with E-state index in [2.05, 4.69) is 12.1 Å². The summed E-state index contributed by atoms with van der Waals surface area (Å²) in [6.07, 6.45) is 0.772. The van der Waals surface area contributed by atoms with Gasteiger partial charge in [0.25, 0.3) is 0 Å². The third kappa shape index (κ3) is 3.49. The minimum absolute atomic E-state index is 0.0141. The Morgan fingerprint density at radius 2 is 2.26 bits per heavy atom. The van der Waals surface area contributed by atoms with Gasteiger partial charge in [-0.25, -0.2) is 0 Å². The van der Waals surface area contributed by atoms with Gasteiger partial charge in [-0.3, -0.25) is 4.79 Å². The zero-order valence-corrected chi connectivity index (χ0v) is 11.9. The molecule has 0 spiro atoms. The number of benzene rings is 1. The van der Waals surface area contributed by atoms with Crippen molar-refractivity contribution in [3.05, 3.63) is 29.8 Å². The maximum absolute atomic E-state index is 12.4. The van der Waals surface area contributed by atoms with Crippen LogP contribution in [0.4, 0.5) is 0 Å². The van der Waals surface area contributed by atoms with E-state index in [1.807, 2.05) is 12.1 Å². The first-order chi connectivity index (χ1) is 9.26. The third-order valence-electron chi connectivity index (χ3n) is 3.17. The molecule has 1 N–H and O–H groups in total. The van der Waals surface area contributed by atoms with Crippen molar-refractivity contribution in [1.82, 2.24) is 4.90 Å². The van der Waals surface area contributed by atoms with Crippen LogP contribution in [0.3, 0.4) is 0 Å². The predicted octanol–water partition coefficient (Wildman–Crippen LogP) is 1.17. The molecule has 0 radical (unpaired) electrons. The van der Waals surface area contributed by atoms with E-state index in [-0.39, 0.29) is 17.8 Å². The van der Waals surface area contributed by atoms with Gasteiger partial charge in [-0.1, -0.05) is 18.2 Å². The van der Waals surface area contributed by atoms with Crippen LogP contribution in [0, 0.1) is 0 Å². The summed E-state index contributed by atoms with van der Waals surface area (Å²) >= 11 is 1.62. The van der Waals surface area contributed by atoms with Crippen molar-refractivity contribution in [2.45, 2.75) is 16.6 Å². The van der Waals surface area contributed by atoms with E-state index in [1.54, 1.807) is 23.8 Å². The van der Waals surface area contributed by atoms with Gasteiger partial charge in [0.15, 0.2) is 0 Å². The molecule has 0 saturated heterocycles. The first-order valence-corrected chi connectivity index (χ1v) is 7.27. The second kappa shape index (κ2) is 6.93. The highest BCUT2D eigenvalue weighted by atomic mass is 32.2. The molecule has 0 saturated carbocycles. The number of carbonyl (C=O) groups excluding carboxylic acids is 1. The molecule has 0 aliphatic carbocycles. The van der Waals surface area contributed by atoms with Crippen molar-refractivity contribution in [3.8, 4) is 0 Å². The minimum atomic E-state index is -0.0687. The summed E-state index contributed by atoms with van der Waals surface area (Å²) < 4.78 is 5.01. The van der Waals surface area contributed by atoms with Crippen LogP contribution in [0.15, 0.2) is 29.2 Å². The molecule has 19 heavy (non-hydrogen) atoms. The normalized spacial score (nSPS) is 17.3. The van der Waals surface area contributed by atoms with Gasteiger partial charge in [0.1, 0.15) is 0 Å². The Morgan fingerprint density at radius 1 is 1.47 bits per heavy atom. The largest absolute Gasteiger partial charge is 0.395 e. The van der Waals surface area contributed by atoms with Crippen LogP contribution in [0.5, 0.6) is 0 Å². The fourth-order valence-electron chi connectivity index (χ4n) is 2.18. The number of carbonyl (C=O) groups is 1. The fraction of sp³-hybridized carbons (Fsp3) is 0.500. The number of amides is 1. The number of hydrogen-bond donors (Lipinski definition) is 1. The van der Waals surface area contributed by atoms with Crippen molar-refractivity contribution in [3.63, 3.8) is 0 Å². The number of rotatable bonds is 6. The smallest absolute Gasteiger partial charge is 0.236 e. The molecule has 1 aromatic carbocycles. The molecule has 1 heterocycles. The van der Waals surface area contributed by atoms with Crippen LogP contribution in [-0.4, -0.2) is 54.6 Å². The molecule has 5 heteroatoms. The number of aliphatic hydroxyl groups excluding tert-OH is 1. The SMILES string of the molecule is COCCN(CCO)C(=O)C1Cc2ccccc2S1. The lowest BCUT2D eigenvalue weighted by Crippen LogP contribution is -2.41. The van der Waals surface area contributed by atoms with Gasteiger partial charge < -0.3 is 14.7 Å². The second-order valence-electron chi connectivity index (χ2n) is 4.46. The van der Waals surface area contributed by atoms with Crippen molar-refractivity contribution in [2.24, 2.45) is 0 Å². The van der Waals surface area contributed by atoms with Crippen LogP contribution < -0.4 is 0 Å². The number of thioether (sulfide) groups is 1. The number of aliphatic hydroxyl groups is 1. The van der Waals surface area contributed by atoms with E-state index in [0.29, 0.717) is 19.7 Å². The molecule has 0 bridgehead atoms. The highest BCUT2D eigenvalue weighted by molar-refractivity contribution is 8.01. The maximum Gasteiger partial charge on any atom is 0.236 e. The first-order valence-electron chi connectivity index (χ1n) is 6.39. The summed E-state index contributed by atoms with van der Waals surface area (Å²) in [7, 11) is 1.61. The summed E-state index contributed by atoms with van der Waals surface area (Å²) in [5, 5.41) is 8.99. The van der Waals surface area contributed by atoms with Gasteiger partial charge >= 0.3 is 0 Å². The van der Waals surface area contributed by atoms with Crippen molar-refractivity contribution < 1.29 is 14.6 Å². The van der Waals surface area contributed by atoms with Crippen LogP contribution in [0.2, 0.25) is 0 Å². The quantitative estimate of drug-likeness (QED) is 0.850. The van der Waals surface area contributed by atoms with E-state index < -0.39 is 0 Å². The zero-order valence-electron chi connectivity index (χ0n) is 11.0. The average molecular weight is 281 g/mol. The highest BCUT2D eigenvalue weighted by Gasteiger charge is 2.30. The minimum Gasteiger partial charge on any atom is -0.395 e. The number of ether oxygens (including phenoxy) is 1. The van der Waals surface area contributed by atoms with E-state index in [1.165, 1.54) is 10.5 Å². The maximum atomic E-state index is 12.4. The Hall–Kier alpha value is -1.04. The first kappa shape index (κ1) is 14.4. The molecular formula is C14H19NO3S. The summed E-state index contributed by atoms with van der Waals surface area (Å²) in [6, 6.07) is 8.12. The number of hydrogen-bond acceptors (Lipinski definition) is 4. The predicted molar refractivity (Wildman–Crippen MR) is 75.3 cm³/mol. The zero-order chi connectivity index (χ0) is 13.7. The van der Waals surface area contributed by atoms with E-state index in [0.717, 1.165) is 6.42 Å². The van der Waals surface area contributed by atoms with Gasteiger partial charge in [0, 0.05) is 25.1 Å². The molecule has 1 atom stereocenters. The Bertz CT molecular complexity index is 413. The third-order valence-corrected chi connectivity index (χ3v) is 4.47.